The maximum Gasteiger partial charge on any atom is 0.335 e. The van der Waals surface area contributed by atoms with Gasteiger partial charge in [0.1, 0.15) is 23.0 Å². The van der Waals surface area contributed by atoms with Crippen LogP contribution in [0.15, 0.2) is 60.7 Å². The van der Waals surface area contributed by atoms with Gasteiger partial charge in [-0.25, -0.2) is 4.79 Å². The van der Waals surface area contributed by atoms with Gasteiger partial charge in [-0.3, -0.25) is 0 Å². The van der Waals surface area contributed by atoms with E-state index in [1.165, 1.54) is 154 Å². The number of carboxylic acids is 1. The van der Waals surface area contributed by atoms with E-state index in [2.05, 4.69) is 137 Å². The van der Waals surface area contributed by atoms with Crippen LogP contribution in [0.25, 0.3) is 36.5 Å². The maximum absolute atomic E-state index is 11.7. The molecule has 0 bridgehead atoms. The Kier molecular flexibility index (Phi) is 45.0. The molecule has 4 atom stereocenters. The molecule has 4 aromatic rings. The molecule has 0 heterocycles. The van der Waals surface area contributed by atoms with Crippen molar-refractivity contribution in [2.75, 3.05) is 46.2 Å². The minimum absolute atomic E-state index is 0.250. The lowest BCUT2D eigenvalue weighted by Gasteiger charge is -2.19. The van der Waals surface area contributed by atoms with Crippen LogP contribution in [-0.2, 0) is 0 Å². The summed E-state index contributed by atoms with van der Waals surface area (Å²) in [6.45, 7) is 28.7. The molecule has 1 N–H and O–H groups in total. The van der Waals surface area contributed by atoms with Crippen LogP contribution in [0.5, 0.6) is 40.2 Å². The molecule has 0 saturated heterocycles. The summed E-state index contributed by atoms with van der Waals surface area (Å²) in [4.78, 5) is 11.7. The van der Waals surface area contributed by atoms with E-state index in [1.54, 1.807) is 12.1 Å². The number of benzene rings is 4. The molecule has 0 aliphatic carbocycles. The number of ether oxygens (including phenoxy) is 7. The molecule has 0 aromatic heterocycles. The van der Waals surface area contributed by atoms with Gasteiger partial charge in [0.15, 0.2) is 11.5 Å². The topological polar surface area (TPSA) is 102 Å². The van der Waals surface area contributed by atoms with Crippen molar-refractivity contribution in [1.82, 2.24) is 0 Å². The third-order valence-corrected chi connectivity index (χ3v) is 19.0. The molecule has 0 unspecified atom stereocenters. The summed E-state index contributed by atoms with van der Waals surface area (Å²) in [6.07, 6.45) is 54.7. The summed E-state index contributed by atoms with van der Waals surface area (Å²) in [5.41, 5.74) is 5.68. The van der Waals surface area contributed by atoms with E-state index >= 15 is 0 Å². The molecule has 9 heteroatoms. The molecule has 4 aromatic carbocycles. The Hall–Kier alpha value is -5.83. The molecular formula is C87H136O9. The number of hydrogen-bond donors (Lipinski definition) is 1. The first-order chi connectivity index (χ1) is 46.9. The van der Waals surface area contributed by atoms with E-state index < -0.39 is 5.97 Å². The standard InChI is InChI=1S/C87H136O9/c1-12-19-22-25-28-31-34-37-40-43-56-90-84-59-74(60-85(91-57-44-41-38-35-32-29-26-23-20-13-2)86(84)92-58-45-42-39-36-33-30-27-24-21-14-3)49-53-77-62-83(96-68-72(11)18-7)79(64-81(77)94-66-70(9)16-5)55-54-78-63-80(93-65-69(8)15-4)76(61-82(78)95-67-71(10)17-6)52-48-73-46-50-75(51-47-73)87(88)89/h46-55,59-64,69-72H,12-45,56-58,65-68H2,1-11H3,(H,88,89)/b52-48+,53-49+,55-54+/t69-,70-,71-,72-/m0/s1. The zero-order valence-corrected chi connectivity index (χ0v) is 62.8. The zero-order chi connectivity index (χ0) is 69.2. The molecule has 0 radical (unpaired) electrons. The van der Waals surface area contributed by atoms with E-state index in [4.69, 9.17) is 33.2 Å². The monoisotopic (exact) mass is 1330 g/mol. The highest BCUT2D eigenvalue weighted by atomic mass is 16.5. The van der Waals surface area contributed by atoms with E-state index in [0.717, 1.165) is 138 Å². The van der Waals surface area contributed by atoms with Crippen molar-refractivity contribution in [3.05, 3.63) is 99.6 Å². The fourth-order valence-corrected chi connectivity index (χ4v) is 11.2. The normalized spacial score (nSPS) is 13.0. The van der Waals surface area contributed by atoms with Crippen LogP contribution in [0.3, 0.4) is 0 Å². The minimum atomic E-state index is -0.949. The van der Waals surface area contributed by atoms with Crippen molar-refractivity contribution in [2.24, 2.45) is 23.7 Å². The van der Waals surface area contributed by atoms with Crippen molar-refractivity contribution in [2.45, 2.75) is 294 Å². The molecule has 4 rings (SSSR count). The van der Waals surface area contributed by atoms with Crippen molar-refractivity contribution in [3.63, 3.8) is 0 Å². The van der Waals surface area contributed by atoms with Gasteiger partial charge in [0.25, 0.3) is 0 Å². The molecular weight excluding hydrogens is 1190 g/mol. The van der Waals surface area contributed by atoms with Crippen LogP contribution in [-0.4, -0.2) is 57.3 Å². The fourth-order valence-electron chi connectivity index (χ4n) is 11.2. The molecule has 0 saturated carbocycles. The summed E-state index contributed by atoms with van der Waals surface area (Å²) in [7, 11) is 0. The van der Waals surface area contributed by atoms with Crippen LogP contribution >= 0.6 is 0 Å². The van der Waals surface area contributed by atoms with Crippen LogP contribution < -0.4 is 33.2 Å². The molecule has 538 valence electrons. The Balaban J connectivity index is 1.82. The predicted molar refractivity (Wildman–Crippen MR) is 411 cm³/mol. The van der Waals surface area contributed by atoms with Crippen LogP contribution in [0.4, 0.5) is 0 Å². The van der Waals surface area contributed by atoms with E-state index in [-0.39, 0.29) is 5.56 Å². The Bertz CT molecular complexity index is 2690. The zero-order valence-electron chi connectivity index (χ0n) is 62.8. The lowest BCUT2D eigenvalue weighted by atomic mass is 10.0. The van der Waals surface area contributed by atoms with Gasteiger partial charge in [0.05, 0.1) is 51.8 Å². The molecule has 0 amide bonds. The average Bonchev–Trinajstić information content (AvgIpc) is 0.839. The molecule has 0 aliphatic heterocycles. The van der Waals surface area contributed by atoms with Crippen LogP contribution in [0, 0.1) is 23.7 Å². The lowest BCUT2D eigenvalue weighted by molar-refractivity contribution is 0.0696. The minimum Gasteiger partial charge on any atom is -0.493 e. The highest BCUT2D eigenvalue weighted by molar-refractivity contribution is 5.88. The molecule has 0 aliphatic rings. The predicted octanol–water partition coefficient (Wildman–Crippen LogP) is 26.5. The van der Waals surface area contributed by atoms with Crippen LogP contribution in [0.1, 0.15) is 338 Å². The number of hydrogen-bond acceptors (Lipinski definition) is 8. The Morgan fingerprint density at radius 2 is 0.573 bits per heavy atom. The summed E-state index contributed by atoms with van der Waals surface area (Å²) in [6, 6.07) is 19.7. The summed E-state index contributed by atoms with van der Waals surface area (Å²) in [5.74, 6) is 5.68. The first-order valence-corrected chi connectivity index (χ1v) is 39.2. The summed E-state index contributed by atoms with van der Waals surface area (Å²) < 4.78 is 47.7. The third kappa shape index (κ3) is 35.1. The fraction of sp³-hybridized carbons (Fsp3) is 0.644. The van der Waals surface area contributed by atoms with Crippen molar-refractivity contribution >= 4 is 42.4 Å². The van der Waals surface area contributed by atoms with Gasteiger partial charge in [0.2, 0.25) is 5.75 Å². The van der Waals surface area contributed by atoms with Gasteiger partial charge < -0.3 is 38.3 Å². The van der Waals surface area contributed by atoms with Gasteiger partial charge in [-0.2, -0.15) is 0 Å². The molecule has 0 spiro atoms. The van der Waals surface area contributed by atoms with Gasteiger partial charge in [-0.15, -0.1) is 0 Å². The number of carboxylic acid groups (broad SMARTS) is 1. The second-order valence-corrected chi connectivity index (χ2v) is 28.0. The van der Waals surface area contributed by atoms with Crippen molar-refractivity contribution in [3.8, 4) is 40.2 Å². The molecule has 9 nitrogen and oxygen atoms in total. The average molecular weight is 1330 g/mol. The highest BCUT2D eigenvalue weighted by Gasteiger charge is 2.19. The molecule has 96 heavy (non-hydrogen) atoms. The van der Waals surface area contributed by atoms with Crippen molar-refractivity contribution in [1.29, 1.82) is 0 Å². The smallest absolute Gasteiger partial charge is 0.335 e. The van der Waals surface area contributed by atoms with Gasteiger partial charge in [-0.1, -0.05) is 324 Å². The second-order valence-electron chi connectivity index (χ2n) is 28.0. The summed E-state index contributed by atoms with van der Waals surface area (Å²) in [5, 5.41) is 9.56. The maximum atomic E-state index is 11.7. The highest BCUT2D eigenvalue weighted by Crippen LogP contribution is 2.42. The third-order valence-electron chi connectivity index (χ3n) is 19.0. The number of unbranched alkanes of at least 4 members (excludes halogenated alkanes) is 27. The Morgan fingerprint density at radius 3 is 0.854 bits per heavy atom. The second kappa shape index (κ2) is 52.3. The van der Waals surface area contributed by atoms with Gasteiger partial charge >= 0.3 is 5.97 Å². The first-order valence-electron chi connectivity index (χ1n) is 39.2. The summed E-state index contributed by atoms with van der Waals surface area (Å²) >= 11 is 0. The van der Waals surface area contributed by atoms with E-state index in [9.17, 15) is 9.90 Å². The van der Waals surface area contributed by atoms with E-state index in [1.807, 2.05) is 24.3 Å². The number of aromatic carboxylic acids is 1. The SMILES string of the molecule is CCCCCCCCCCCCOc1cc(/C=C/c2cc(OC[C@@H](C)CC)c(/C=C/c3cc(OC[C@@H](C)CC)c(/C=C/c4ccc(C(=O)O)cc4)cc3OC[C@@H](C)CC)cc2OC[C@@H](C)CC)cc(OCCCCCCCCCCCC)c1OCCCCCCCCCCCC. The number of rotatable bonds is 59. The van der Waals surface area contributed by atoms with Crippen molar-refractivity contribution < 1.29 is 43.1 Å². The Labute approximate surface area is 586 Å². The van der Waals surface area contributed by atoms with E-state index in [0.29, 0.717) is 69.9 Å². The van der Waals surface area contributed by atoms with Gasteiger partial charge in [0, 0.05) is 22.3 Å². The Morgan fingerprint density at radius 1 is 0.312 bits per heavy atom. The number of carbonyl (C=O) groups is 1. The first kappa shape index (κ1) is 82.6. The molecule has 0 fully saturated rings. The lowest BCUT2D eigenvalue weighted by Crippen LogP contribution is -2.10. The quantitative estimate of drug-likeness (QED) is 0.0342. The van der Waals surface area contributed by atoms with Gasteiger partial charge in [-0.05, 0) is 103 Å². The largest absolute Gasteiger partial charge is 0.493 e. The van der Waals surface area contributed by atoms with Crippen LogP contribution in [0.2, 0.25) is 0 Å².